The second-order valence-corrected chi connectivity index (χ2v) is 4.80. The number of rotatable bonds is 4. The van der Waals surface area contributed by atoms with Crippen LogP contribution >= 0.6 is 0 Å². The minimum atomic E-state index is -0.868. The van der Waals surface area contributed by atoms with E-state index in [2.05, 4.69) is 0 Å². The number of nitrogens with zero attached hydrogens (tertiary/aromatic N) is 1. The van der Waals surface area contributed by atoms with Crippen molar-refractivity contribution >= 4 is 11.9 Å². The maximum atomic E-state index is 12.2. The molecule has 1 saturated heterocycles. The number of aliphatic carboxylic acids is 1. The number of likely N-dealkylation sites (N-methyl/N-ethyl adjacent to an activating group) is 1. The van der Waals surface area contributed by atoms with Gasteiger partial charge in [-0.2, -0.15) is 0 Å². The first-order chi connectivity index (χ1) is 8.15. The van der Waals surface area contributed by atoms with E-state index in [4.69, 9.17) is 9.84 Å². The molecule has 1 aliphatic heterocycles. The Kier molecular flexibility index (Phi) is 3.66. The lowest BCUT2D eigenvalue weighted by Crippen LogP contribution is -2.49. The van der Waals surface area contributed by atoms with Crippen LogP contribution < -0.4 is 0 Å². The highest BCUT2D eigenvalue weighted by Crippen LogP contribution is 2.30. The first-order valence-corrected chi connectivity index (χ1v) is 6.26. The van der Waals surface area contributed by atoms with E-state index in [1.165, 1.54) is 0 Å². The number of carbonyl (C=O) groups excluding carboxylic acids is 1. The van der Waals surface area contributed by atoms with E-state index in [0.29, 0.717) is 13.2 Å². The molecule has 1 amide bonds. The van der Waals surface area contributed by atoms with E-state index in [-0.39, 0.29) is 24.5 Å². The van der Waals surface area contributed by atoms with Crippen LogP contribution in [0.1, 0.15) is 26.2 Å². The van der Waals surface area contributed by atoms with Gasteiger partial charge in [0.05, 0.1) is 19.3 Å². The number of ether oxygens (including phenoxy) is 1. The zero-order chi connectivity index (χ0) is 12.4. The van der Waals surface area contributed by atoms with E-state index in [0.717, 1.165) is 19.3 Å². The van der Waals surface area contributed by atoms with Crippen molar-refractivity contribution in [3.05, 3.63) is 0 Å². The molecule has 17 heavy (non-hydrogen) atoms. The first-order valence-electron chi connectivity index (χ1n) is 6.26. The third-order valence-corrected chi connectivity index (χ3v) is 3.85. The van der Waals surface area contributed by atoms with Gasteiger partial charge in [-0.05, 0) is 19.8 Å². The van der Waals surface area contributed by atoms with Gasteiger partial charge in [0, 0.05) is 12.5 Å². The summed E-state index contributed by atoms with van der Waals surface area (Å²) in [6.45, 7) is 3.03. The minimum Gasteiger partial charge on any atom is -0.481 e. The summed E-state index contributed by atoms with van der Waals surface area (Å²) in [6, 6.07) is -0.286. The van der Waals surface area contributed by atoms with Crippen LogP contribution in [0.3, 0.4) is 0 Å². The summed E-state index contributed by atoms with van der Waals surface area (Å²) >= 11 is 0. The van der Waals surface area contributed by atoms with Gasteiger partial charge in [0.25, 0.3) is 0 Å². The van der Waals surface area contributed by atoms with Crippen molar-refractivity contribution in [2.75, 3.05) is 19.8 Å². The fraction of sp³-hybridized carbons (Fsp3) is 0.833. The van der Waals surface area contributed by atoms with Gasteiger partial charge in [-0.1, -0.05) is 6.42 Å². The second-order valence-electron chi connectivity index (χ2n) is 4.80. The molecule has 2 fully saturated rings. The molecule has 0 aromatic rings. The topological polar surface area (TPSA) is 66.8 Å². The first kappa shape index (κ1) is 12.4. The summed E-state index contributed by atoms with van der Waals surface area (Å²) in [5, 5.41) is 9.10. The summed E-state index contributed by atoms with van der Waals surface area (Å²) in [4.78, 5) is 25.0. The molecule has 5 nitrogen and oxygen atoms in total. The smallest absolute Gasteiger partial charge is 0.311 e. The maximum absolute atomic E-state index is 12.2. The molecule has 1 aliphatic carbocycles. The fourth-order valence-corrected chi connectivity index (χ4v) is 2.53. The van der Waals surface area contributed by atoms with Crippen LogP contribution in [0.2, 0.25) is 0 Å². The number of carbonyl (C=O) groups is 2. The molecule has 0 bridgehead atoms. The molecular weight excluding hydrogens is 222 g/mol. The number of hydrogen-bond donors (Lipinski definition) is 1. The van der Waals surface area contributed by atoms with Crippen LogP contribution in [0, 0.1) is 11.8 Å². The van der Waals surface area contributed by atoms with Crippen molar-refractivity contribution in [3.63, 3.8) is 0 Å². The molecule has 0 spiro atoms. The Hall–Kier alpha value is -1.10. The Morgan fingerprint density at radius 3 is 2.53 bits per heavy atom. The predicted molar refractivity (Wildman–Crippen MR) is 60.5 cm³/mol. The average Bonchev–Trinajstić information content (AvgIpc) is 2.65. The van der Waals surface area contributed by atoms with Crippen molar-refractivity contribution in [1.82, 2.24) is 4.90 Å². The van der Waals surface area contributed by atoms with Crippen molar-refractivity contribution in [2.24, 2.45) is 11.8 Å². The number of carboxylic acid groups (broad SMARTS) is 1. The zero-order valence-electron chi connectivity index (χ0n) is 10.1. The monoisotopic (exact) mass is 241 g/mol. The molecule has 1 heterocycles. The van der Waals surface area contributed by atoms with Crippen LogP contribution in [0.15, 0.2) is 0 Å². The highest BCUT2D eigenvalue weighted by molar-refractivity contribution is 5.81. The molecule has 0 aromatic carbocycles. The van der Waals surface area contributed by atoms with Crippen LogP contribution in [0.25, 0.3) is 0 Å². The lowest BCUT2D eigenvalue weighted by Gasteiger charge is -2.35. The molecule has 1 N–H and O–H groups in total. The maximum Gasteiger partial charge on any atom is 0.311 e. The van der Waals surface area contributed by atoms with Gasteiger partial charge in [-0.3, -0.25) is 9.59 Å². The molecule has 2 atom stereocenters. The Morgan fingerprint density at radius 2 is 2.06 bits per heavy atom. The van der Waals surface area contributed by atoms with Crippen LogP contribution in [-0.4, -0.2) is 47.7 Å². The average molecular weight is 241 g/mol. The summed E-state index contributed by atoms with van der Waals surface area (Å²) < 4.78 is 5.22. The number of hydrogen-bond acceptors (Lipinski definition) is 3. The van der Waals surface area contributed by atoms with Gasteiger partial charge in [0.2, 0.25) is 5.91 Å². The third kappa shape index (κ3) is 2.29. The van der Waals surface area contributed by atoms with E-state index < -0.39 is 11.9 Å². The molecule has 0 aromatic heterocycles. The van der Waals surface area contributed by atoms with Crippen molar-refractivity contribution in [2.45, 2.75) is 32.2 Å². The fourth-order valence-electron chi connectivity index (χ4n) is 2.53. The molecule has 5 heteroatoms. The van der Waals surface area contributed by atoms with Gasteiger partial charge in [0.15, 0.2) is 0 Å². The highest BCUT2D eigenvalue weighted by Gasteiger charge is 2.41. The second kappa shape index (κ2) is 5.04. The molecular formula is C12H19NO4. The van der Waals surface area contributed by atoms with Gasteiger partial charge in [-0.15, -0.1) is 0 Å². The summed E-state index contributed by atoms with van der Waals surface area (Å²) in [6.07, 6.45) is 3.00. The molecule has 2 rings (SSSR count). The molecule has 0 radical (unpaired) electrons. The van der Waals surface area contributed by atoms with E-state index in [9.17, 15) is 9.59 Å². The summed E-state index contributed by atoms with van der Waals surface area (Å²) in [5.41, 5.74) is 0. The number of amides is 1. The van der Waals surface area contributed by atoms with Gasteiger partial charge in [0.1, 0.15) is 5.92 Å². The van der Waals surface area contributed by atoms with E-state index in [1.807, 2.05) is 6.92 Å². The van der Waals surface area contributed by atoms with E-state index in [1.54, 1.807) is 4.90 Å². The Labute approximate surface area is 101 Å². The van der Waals surface area contributed by atoms with Crippen LogP contribution in [0.4, 0.5) is 0 Å². The molecule has 2 unspecified atom stereocenters. The lowest BCUT2D eigenvalue weighted by atomic mass is 9.83. The largest absolute Gasteiger partial charge is 0.481 e. The molecule has 2 aliphatic rings. The SMILES string of the molecule is CCN(C(=O)C1CCC1)C1COCC1C(=O)O. The Morgan fingerprint density at radius 1 is 1.35 bits per heavy atom. The third-order valence-electron chi connectivity index (χ3n) is 3.85. The number of carboxylic acids is 1. The standard InChI is InChI=1S/C12H19NO4/c1-2-13(11(14)8-4-3-5-8)10-7-17-6-9(10)12(15)16/h8-10H,2-7H2,1H3,(H,15,16). The minimum absolute atomic E-state index is 0.112. The zero-order valence-corrected chi connectivity index (χ0v) is 10.1. The van der Waals surface area contributed by atoms with Crippen molar-refractivity contribution < 1.29 is 19.4 Å². The Balaban J connectivity index is 2.06. The lowest BCUT2D eigenvalue weighted by molar-refractivity contribution is -0.147. The van der Waals surface area contributed by atoms with Crippen molar-refractivity contribution in [3.8, 4) is 0 Å². The van der Waals surface area contributed by atoms with Gasteiger partial charge >= 0.3 is 5.97 Å². The Bertz CT molecular complexity index is 314. The van der Waals surface area contributed by atoms with E-state index >= 15 is 0 Å². The van der Waals surface area contributed by atoms with Gasteiger partial charge in [-0.25, -0.2) is 0 Å². The predicted octanol–water partition coefficient (Wildman–Crippen LogP) is 0.735. The quantitative estimate of drug-likeness (QED) is 0.788. The highest BCUT2D eigenvalue weighted by atomic mass is 16.5. The van der Waals surface area contributed by atoms with Crippen molar-refractivity contribution in [1.29, 1.82) is 0 Å². The summed E-state index contributed by atoms with van der Waals surface area (Å²) in [5.74, 6) is -1.21. The summed E-state index contributed by atoms with van der Waals surface area (Å²) in [7, 11) is 0. The van der Waals surface area contributed by atoms with Crippen LogP contribution in [0.5, 0.6) is 0 Å². The molecule has 96 valence electrons. The van der Waals surface area contributed by atoms with Gasteiger partial charge < -0.3 is 14.7 Å². The van der Waals surface area contributed by atoms with Crippen LogP contribution in [-0.2, 0) is 14.3 Å². The molecule has 1 saturated carbocycles. The normalized spacial score (nSPS) is 28.8.